The summed E-state index contributed by atoms with van der Waals surface area (Å²) < 4.78 is 11.9. The summed E-state index contributed by atoms with van der Waals surface area (Å²) in [4.78, 5) is 4.54. The number of ether oxygens (including phenoxy) is 2. The van der Waals surface area contributed by atoms with Crippen molar-refractivity contribution in [3.63, 3.8) is 0 Å². The Morgan fingerprint density at radius 1 is 1.00 bits per heavy atom. The van der Waals surface area contributed by atoms with Gasteiger partial charge in [-0.25, -0.2) is 0 Å². The van der Waals surface area contributed by atoms with Crippen LogP contribution in [0.1, 0.15) is 54.0 Å². The first-order valence-electron chi connectivity index (χ1n) is 12.4. The Bertz CT molecular complexity index is 919. The van der Waals surface area contributed by atoms with Gasteiger partial charge >= 0.3 is 0 Å². The van der Waals surface area contributed by atoms with Crippen molar-refractivity contribution in [3.8, 4) is 0 Å². The molecule has 2 aromatic carbocycles. The standard InChI is InChI=1S/C28H39N3O2/c1-21-10-12-23(13-11-21)26-24(8-6-16-33-26)19-30-27(29-3)31-20-28(14-17-32-18-15-28)25-9-5-4-7-22(25)2/h4-5,7,9-13,24,26H,6,8,14-20H2,1-3H3,(H2,29,30,31). The van der Waals surface area contributed by atoms with E-state index in [-0.39, 0.29) is 11.5 Å². The van der Waals surface area contributed by atoms with E-state index < -0.39 is 0 Å². The first-order chi connectivity index (χ1) is 16.1. The van der Waals surface area contributed by atoms with Crippen LogP contribution < -0.4 is 10.6 Å². The zero-order chi connectivity index (χ0) is 23.1. The van der Waals surface area contributed by atoms with Gasteiger partial charge in [-0.15, -0.1) is 0 Å². The zero-order valence-corrected chi connectivity index (χ0v) is 20.4. The molecular formula is C28H39N3O2. The van der Waals surface area contributed by atoms with Crippen molar-refractivity contribution in [2.45, 2.75) is 51.0 Å². The number of nitrogens with one attached hydrogen (secondary N) is 2. The molecule has 0 amide bonds. The normalized spacial score (nSPS) is 23.2. The lowest BCUT2D eigenvalue weighted by Gasteiger charge is -2.39. The smallest absolute Gasteiger partial charge is 0.191 e. The number of benzene rings is 2. The van der Waals surface area contributed by atoms with Gasteiger partial charge < -0.3 is 20.1 Å². The molecule has 2 fully saturated rings. The van der Waals surface area contributed by atoms with E-state index in [9.17, 15) is 0 Å². The summed E-state index contributed by atoms with van der Waals surface area (Å²) in [6.45, 7) is 8.49. The van der Waals surface area contributed by atoms with Crippen molar-refractivity contribution in [2.24, 2.45) is 10.9 Å². The van der Waals surface area contributed by atoms with Crippen LogP contribution in [0, 0.1) is 19.8 Å². The Kier molecular flexibility index (Phi) is 8.05. The van der Waals surface area contributed by atoms with E-state index in [2.05, 4.69) is 78.0 Å². The fourth-order valence-corrected chi connectivity index (χ4v) is 5.35. The molecule has 4 rings (SSSR count). The van der Waals surface area contributed by atoms with Gasteiger partial charge in [0.2, 0.25) is 0 Å². The molecule has 5 nitrogen and oxygen atoms in total. The topological polar surface area (TPSA) is 54.9 Å². The first-order valence-corrected chi connectivity index (χ1v) is 12.4. The van der Waals surface area contributed by atoms with Crippen LogP contribution in [0.2, 0.25) is 0 Å². The summed E-state index contributed by atoms with van der Waals surface area (Å²) in [7, 11) is 1.86. The van der Waals surface area contributed by atoms with Gasteiger partial charge in [0.05, 0.1) is 6.10 Å². The van der Waals surface area contributed by atoms with Crippen LogP contribution in [0.25, 0.3) is 0 Å². The van der Waals surface area contributed by atoms with Gasteiger partial charge in [-0.2, -0.15) is 0 Å². The molecule has 2 aliphatic heterocycles. The molecule has 2 unspecified atom stereocenters. The monoisotopic (exact) mass is 449 g/mol. The Morgan fingerprint density at radius 3 is 2.48 bits per heavy atom. The Balaban J connectivity index is 1.40. The summed E-state index contributed by atoms with van der Waals surface area (Å²) in [5, 5.41) is 7.25. The van der Waals surface area contributed by atoms with Crippen LogP contribution in [0.3, 0.4) is 0 Å². The summed E-state index contributed by atoms with van der Waals surface area (Å²) in [5.74, 6) is 1.29. The fraction of sp³-hybridized carbons (Fsp3) is 0.536. The average Bonchev–Trinajstić information content (AvgIpc) is 2.86. The van der Waals surface area contributed by atoms with Crippen LogP contribution in [0.4, 0.5) is 0 Å². The minimum atomic E-state index is 0.0690. The van der Waals surface area contributed by atoms with Gasteiger partial charge in [-0.3, -0.25) is 4.99 Å². The largest absolute Gasteiger partial charge is 0.381 e. The van der Waals surface area contributed by atoms with Gasteiger partial charge in [0, 0.05) is 51.3 Å². The predicted octanol–water partition coefficient (Wildman–Crippen LogP) is 4.68. The molecule has 0 aromatic heterocycles. The highest BCUT2D eigenvalue weighted by Crippen LogP contribution is 2.36. The molecule has 2 aliphatic rings. The van der Waals surface area contributed by atoms with Crippen molar-refractivity contribution in [1.82, 2.24) is 10.6 Å². The highest BCUT2D eigenvalue weighted by Gasteiger charge is 2.36. The molecule has 0 bridgehead atoms. The molecule has 0 radical (unpaired) electrons. The molecule has 5 heteroatoms. The van der Waals surface area contributed by atoms with Gasteiger partial charge in [0.25, 0.3) is 0 Å². The lowest BCUT2D eigenvalue weighted by atomic mass is 9.72. The molecule has 2 heterocycles. The molecular weight excluding hydrogens is 410 g/mol. The molecule has 0 spiro atoms. The van der Waals surface area contributed by atoms with Crippen molar-refractivity contribution in [2.75, 3.05) is 40.0 Å². The molecule has 2 atom stereocenters. The van der Waals surface area contributed by atoms with Crippen molar-refractivity contribution >= 4 is 5.96 Å². The maximum atomic E-state index is 6.21. The van der Waals surface area contributed by atoms with Crippen molar-refractivity contribution < 1.29 is 9.47 Å². The Morgan fingerprint density at radius 2 is 1.76 bits per heavy atom. The molecule has 0 aliphatic carbocycles. The maximum Gasteiger partial charge on any atom is 0.191 e. The first kappa shape index (κ1) is 23.8. The van der Waals surface area contributed by atoms with Gasteiger partial charge in [-0.1, -0.05) is 54.1 Å². The quantitative estimate of drug-likeness (QED) is 0.496. The Labute approximate surface area is 199 Å². The van der Waals surface area contributed by atoms with Crippen LogP contribution in [-0.2, 0) is 14.9 Å². The lowest BCUT2D eigenvalue weighted by molar-refractivity contribution is -0.0265. The van der Waals surface area contributed by atoms with Crippen LogP contribution in [0.5, 0.6) is 0 Å². The highest BCUT2D eigenvalue weighted by atomic mass is 16.5. The molecule has 33 heavy (non-hydrogen) atoms. The number of aliphatic imine (C=N–C) groups is 1. The number of aryl methyl sites for hydroxylation is 2. The highest BCUT2D eigenvalue weighted by molar-refractivity contribution is 5.79. The lowest BCUT2D eigenvalue weighted by Crippen LogP contribution is -2.49. The number of nitrogens with zero attached hydrogens (tertiary/aromatic N) is 1. The molecule has 2 aromatic rings. The van der Waals surface area contributed by atoms with E-state index in [1.165, 1.54) is 22.3 Å². The third-order valence-corrected chi connectivity index (χ3v) is 7.37. The molecule has 178 valence electrons. The van der Waals surface area contributed by atoms with E-state index in [4.69, 9.17) is 9.47 Å². The number of hydrogen-bond donors (Lipinski definition) is 2. The predicted molar refractivity (Wildman–Crippen MR) is 135 cm³/mol. The second-order valence-electron chi connectivity index (χ2n) is 9.62. The number of hydrogen-bond acceptors (Lipinski definition) is 3. The van der Waals surface area contributed by atoms with Crippen LogP contribution in [-0.4, -0.2) is 45.9 Å². The summed E-state index contributed by atoms with van der Waals surface area (Å²) in [6.07, 6.45) is 4.45. The SMILES string of the molecule is CN=C(NCC1CCCOC1c1ccc(C)cc1)NCC1(c2ccccc2C)CCOCC1. The second-order valence-corrected chi connectivity index (χ2v) is 9.62. The van der Waals surface area contributed by atoms with Crippen molar-refractivity contribution in [3.05, 3.63) is 70.8 Å². The van der Waals surface area contributed by atoms with Gasteiger partial charge in [-0.05, 0) is 56.2 Å². The maximum absolute atomic E-state index is 6.21. The summed E-state index contributed by atoms with van der Waals surface area (Å²) >= 11 is 0. The van der Waals surface area contributed by atoms with Gasteiger partial charge in [0.15, 0.2) is 5.96 Å². The minimum absolute atomic E-state index is 0.0690. The molecule has 2 N–H and O–H groups in total. The summed E-state index contributed by atoms with van der Waals surface area (Å²) in [5.41, 5.74) is 5.40. The van der Waals surface area contributed by atoms with Crippen molar-refractivity contribution in [1.29, 1.82) is 0 Å². The van der Waals surface area contributed by atoms with E-state index in [0.717, 1.165) is 64.6 Å². The van der Waals surface area contributed by atoms with E-state index in [0.29, 0.717) is 5.92 Å². The van der Waals surface area contributed by atoms with E-state index >= 15 is 0 Å². The second kappa shape index (κ2) is 11.2. The average molecular weight is 450 g/mol. The van der Waals surface area contributed by atoms with E-state index in [1.54, 1.807) is 0 Å². The zero-order valence-electron chi connectivity index (χ0n) is 20.4. The summed E-state index contributed by atoms with van der Waals surface area (Å²) in [6, 6.07) is 17.6. The third-order valence-electron chi connectivity index (χ3n) is 7.37. The molecule has 2 saturated heterocycles. The molecule has 0 saturated carbocycles. The van der Waals surface area contributed by atoms with Gasteiger partial charge in [0.1, 0.15) is 0 Å². The van der Waals surface area contributed by atoms with Crippen LogP contribution in [0.15, 0.2) is 53.5 Å². The van der Waals surface area contributed by atoms with E-state index in [1.807, 2.05) is 7.05 Å². The Hall–Kier alpha value is -2.37. The fourth-order valence-electron chi connectivity index (χ4n) is 5.35. The third kappa shape index (κ3) is 5.77. The number of guanidine groups is 1. The number of rotatable bonds is 6. The van der Waals surface area contributed by atoms with Crippen LogP contribution >= 0.6 is 0 Å². The minimum Gasteiger partial charge on any atom is -0.381 e.